The van der Waals surface area contributed by atoms with Crippen molar-refractivity contribution >= 4 is 26.8 Å². The molecule has 0 amide bonds. The Kier molecular flexibility index (Phi) is 4.27. The summed E-state index contributed by atoms with van der Waals surface area (Å²) < 4.78 is 85.1. The van der Waals surface area contributed by atoms with Crippen LogP contribution >= 0.6 is 0 Å². The van der Waals surface area contributed by atoms with Gasteiger partial charge in [-0.1, -0.05) is 0 Å². The van der Waals surface area contributed by atoms with Crippen LogP contribution in [0.2, 0.25) is 0 Å². The third-order valence-electron chi connectivity index (χ3n) is 3.72. The molecule has 12 heteroatoms. The zero-order chi connectivity index (χ0) is 21.6. The van der Waals surface area contributed by atoms with Crippen LogP contribution in [0.15, 0.2) is 24.5 Å². The van der Waals surface area contributed by atoms with E-state index in [9.17, 15) is 26.9 Å². The molecule has 1 aromatic carbocycles. The molecule has 0 N–H and O–H groups in total. The minimum absolute atomic E-state index is 0.0468. The molecule has 0 aliphatic carbocycles. The number of anilines is 1. The van der Waals surface area contributed by atoms with Crippen molar-refractivity contribution < 1.29 is 33.3 Å². The molecule has 27 heavy (non-hydrogen) atoms. The van der Waals surface area contributed by atoms with Gasteiger partial charge >= 0.3 is 15.6 Å². The lowest BCUT2D eigenvalue weighted by Gasteiger charge is -2.37. The summed E-state index contributed by atoms with van der Waals surface area (Å²) in [5, 5.41) is 9.23. The molecule has 1 fully saturated rings. The molecular formula is C15H13F3N4O4S. The van der Waals surface area contributed by atoms with Gasteiger partial charge in [0.1, 0.15) is 17.1 Å². The highest BCUT2D eigenvalue weighted by Gasteiger charge is 2.49. The summed E-state index contributed by atoms with van der Waals surface area (Å²) in [7, 11) is -5.87. The molecule has 2 aromatic rings. The minimum atomic E-state index is -5.87. The van der Waals surface area contributed by atoms with E-state index in [1.165, 1.54) is 24.0 Å². The van der Waals surface area contributed by atoms with Gasteiger partial charge in [-0.05, 0) is 19.1 Å². The first kappa shape index (κ1) is 16.7. The number of rotatable bonds is 3. The molecule has 8 nitrogen and oxygen atoms in total. The third kappa shape index (κ3) is 3.80. The Morgan fingerprint density at radius 3 is 2.63 bits per heavy atom. The molecule has 0 spiro atoms. The normalized spacial score (nSPS) is 22.3. The summed E-state index contributed by atoms with van der Waals surface area (Å²) in [6, 6.07) is 4.73. The van der Waals surface area contributed by atoms with Crippen LogP contribution in [-0.2, 0) is 19.0 Å². The van der Waals surface area contributed by atoms with E-state index in [1.54, 1.807) is 0 Å². The third-order valence-corrected chi connectivity index (χ3v) is 4.76. The highest BCUT2D eigenvalue weighted by Crippen LogP contribution is 2.31. The topological polar surface area (TPSA) is 105 Å². The van der Waals surface area contributed by atoms with Crippen molar-refractivity contribution in [1.29, 1.82) is 5.26 Å². The molecule has 1 aromatic heterocycles. The average molecular weight is 404 g/mol. The quantitative estimate of drug-likeness (QED) is 0.564. The Hall–Kier alpha value is -2.49. The maximum Gasteiger partial charge on any atom is 0.523 e. The second kappa shape index (κ2) is 6.91. The Labute approximate surface area is 155 Å². The van der Waals surface area contributed by atoms with E-state index in [0.717, 1.165) is 0 Å². The van der Waals surface area contributed by atoms with Gasteiger partial charge in [-0.2, -0.15) is 26.9 Å². The molecule has 3 rings (SSSR count). The van der Waals surface area contributed by atoms with E-state index in [2.05, 4.69) is 14.2 Å². The SMILES string of the molecule is [2H]c1nc2c(C#N)ccc(N3C[C@@H](OS(=O)(=O)C(F)(F)F)O[C@H](C)C3)c2nc1[2H]. The first-order valence-electron chi connectivity index (χ1n) is 8.51. The molecule has 0 saturated carbocycles. The van der Waals surface area contributed by atoms with Crippen LogP contribution in [-0.4, -0.2) is 49.4 Å². The number of hydrogen-bond donors (Lipinski definition) is 0. The summed E-state index contributed by atoms with van der Waals surface area (Å²) >= 11 is 0. The van der Waals surface area contributed by atoms with Gasteiger partial charge in [0.2, 0.25) is 0 Å². The second-order valence-corrected chi connectivity index (χ2v) is 7.23. The van der Waals surface area contributed by atoms with E-state index >= 15 is 0 Å². The maximum atomic E-state index is 12.6. The van der Waals surface area contributed by atoms with Crippen LogP contribution in [0.3, 0.4) is 0 Å². The fraction of sp³-hybridized carbons (Fsp3) is 0.400. The Bertz CT molecular complexity index is 1110. The summed E-state index contributed by atoms with van der Waals surface area (Å²) in [5.41, 5.74) is -5.09. The van der Waals surface area contributed by atoms with Crippen LogP contribution in [0.25, 0.3) is 11.0 Å². The summed E-state index contributed by atoms with van der Waals surface area (Å²) in [5.74, 6) is 0. The number of fused-ring (bicyclic) bond motifs is 1. The van der Waals surface area contributed by atoms with Crippen LogP contribution in [0, 0.1) is 11.3 Å². The number of nitriles is 1. The average Bonchev–Trinajstić information content (AvgIpc) is 2.60. The molecule has 0 radical (unpaired) electrons. The van der Waals surface area contributed by atoms with Crippen molar-refractivity contribution in [3.05, 3.63) is 30.0 Å². The van der Waals surface area contributed by atoms with Crippen LogP contribution < -0.4 is 4.90 Å². The van der Waals surface area contributed by atoms with Crippen LogP contribution in [0.1, 0.15) is 15.2 Å². The monoisotopic (exact) mass is 404 g/mol. The van der Waals surface area contributed by atoms with Gasteiger partial charge in [-0.3, -0.25) is 9.97 Å². The lowest BCUT2D eigenvalue weighted by atomic mass is 10.1. The van der Waals surface area contributed by atoms with Crippen molar-refractivity contribution in [3.63, 3.8) is 0 Å². The predicted molar refractivity (Wildman–Crippen MR) is 86.9 cm³/mol. The number of ether oxygens (including phenoxy) is 1. The van der Waals surface area contributed by atoms with Gasteiger partial charge in [0.05, 0.1) is 26.6 Å². The number of nitrogens with zero attached hydrogens (tertiary/aromatic N) is 4. The molecule has 1 aliphatic heterocycles. The molecular weight excluding hydrogens is 389 g/mol. The number of benzene rings is 1. The minimum Gasteiger partial charge on any atom is -0.362 e. The zero-order valence-electron chi connectivity index (χ0n) is 15.7. The van der Waals surface area contributed by atoms with Crippen molar-refractivity contribution in [3.8, 4) is 6.07 Å². The van der Waals surface area contributed by atoms with Gasteiger partial charge < -0.3 is 9.64 Å². The molecule has 1 aliphatic rings. The molecule has 1 saturated heterocycles. The highest BCUT2D eigenvalue weighted by atomic mass is 32.2. The van der Waals surface area contributed by atoms with E-state index in [0.29, 0.717) is 0 Å². The Morgan fingerprint density at radius 1 is 1.33 bits per heavy atom. The van der Waals surface area contributed by atoms with Crippen molar-refractivity contribution in [2.24, 2.45) is 0 Å². The van der Waals surface area contributed by atoms with Crippen LogP contribution in [0.4, 0.5) is 18.9 Å². The fourth-order valence-corrected chi connectivity index (χ4v) is 3.15. The second-order valence-electron chi connectivity index (χ2n) is 5.67. The maximum absolute atomic E-state index is 12.6. The van der Waals surface area contributed by atoms with Gasteiger partial charge in [0, 0.05) is 18.9 Å². The molecule has 2 atom stereocenters. The summed E-state index contributed by atoms with van der Waals surface area (Å²) in [6.45, 7) is 1.26. The first-order valence-corrected chi connectivity index (χ1v) is 8.92. The fourth-order valence-electron chi connectivity index (χ4n) is 2.66. The number of halogens is 3. The lowest BCUT2D eigenvalue weighted by Crippen LogP contribution is -2.49. The summed E-state index contributed by atoms with van der Waals surface area (Å²) in [6.07, 6.45) is -3.35. The van der Waals surface area contributed by atoms with Gasteiger partial charge in [-0.25, -0.2) is 4.18 Å². The summed E-state index contributed by atoms with van der Waals surface area (Å²) in [4.78, 5) is 9.32. The Balaban J connectivity index is 2.01. The lowest BCUT2D eigenvalue weighted by molar-refractivity contribution is -0.133. The van der Waals surface area contributed by atoms with Crippen molar-refractivity contribution in [2.75, 3.05) is 18.0 Å². The first-order chi connectivity index (χ1) is 13.4. The Morgan fingerprint density at radius 2 is 2.00 bits per heavy atom. The molecule has 0 unspecified atom stereocenters. The number of aromatic nitrogens is 2. The predicted octanol–water partition coefficient (Wildman–Crippen LogP) is 1.92. The van der Waals surface area contributed by atoms with Crippen molar-refractivity contribution in [1.82, 2.24) is 9.97 Å². The number of morpholine rings is 1. The number of alkyl halides is 3. The smallest absolute Gasteiger partial charge is 0.362 e. The van der Waals surface area contributed by atoms with E-state index in [-0.39, 0.29) is 28.8 Å². The van der Waals surface area contributed by atoms with E-state index < -0.39 is 46.9 Å². The number of hydrogen-bond acceptors (Lipinski definition) is 8. The van der Waals surface area contributed by atoms with E-state index in [1.807, 2.05) is 6.07 Å². The van der Waals surface area contributed by atoms with Crippen molar-refractivity contribution in [2.45, 2.75) is 24.8 Å². The zero-order valence-corrected chi connectivity index (χ0v) is 14.5. The molecule has 2 heterocycles. The van der Waals surface area contributed by atoms with Crippen LogP contribution in [0.5, 0.6) is 0 Å². The van der Waals surface area contributed by atoms with Gasteiger partial charge in [0.15, 0.2) is 6.29 Å². The molecule has 0 bridgehead atoms. The standard InChI is InChI=1S/C15H13F3N4O4S/c1-9-7-22(8-12(25-9)26-27(23,24)15(16,17)18)11-3-2-10(6-19)13-14(11)21-5-4-20-13/h2-5,9,12H,7-8H2,1H3/t9-,12-/m1/s1/i4D,5D. The van der Waals surface area contributed by atoms with E-state index in [4.69, 9.17) is 7.48 Å². The van der Waals surface area contributed by atoms with Gasteiger partial charge in [-0.15, -0.1) is 0 Å². The highest BCUT2D eigenvalue weighted by molar-refractivity contribution is 7.87. The van der Waals surface area contributed by atoms with Gasteiger partial charge in [0.25, 0.3) is 0 Å². The molecule has 144 valence electrons. The largest absolute Gasteiger partial charge is 0.523 e.